The van der Waals surface area contributed by atoms with Gasteiger partial charge >= 0.3 is 5.97 Å². The molecule has 0 aliphatic carbocycles. The third-order valence-electron chi connectivity index (χ3n) is 4.06. The van der Waals surface area contributed by atoms with Crippen LogP contribution in [0, 0.1) is 0 Å². The Kier molecular flexibility index (Phi) is 5.68. The van der Waals surface area contributed by atoms with E-state index in [0.717, 1.165) is 11.3 Å². The first kappa shape index (κ1) is 18.8. The van der Waals surface area contributed by atoms with Crippen molar-refractivity contribution in [2.45, 2.75) is 46.1 Å². The molecule has 0 aliphatic heterocycles. The van der Waals surface area contributed by atoms with Crippen LogP contribution in [0.4, 0.5) is 0 Å². The molecule has 0 saturated carbocycles. The van der Waals surface area contributed by atoms with Gasteiger partial charge in [-0.2, -0.15) is 0 Å². The average molecular weight is 338 g/mol. The van der Waals surface area contributed by atoms with Gasteiger partial charge in [0.2, 0.25) is 0 Å². The first-order chi connectivity index (χ1) is 11.7. The van der Waals surface area contributed by atoms with E-state index in [9.17, 15) is 4.79 Å². The molecule has 3 heteroatoms. The lowest BCUT2D eigenvalue weighted by Crippen LogP contribution is -2.19. The number of rotatable bonds is 6. The normalized spacial score (nSPS) is 11.3. The Balaban J connectivity index is 2.21. The zero-order valence-electron chi connectivity index (χ0n) is 15.6. The van der Waals surface area contributed by atoms with Gasteiger partial charge in [-0.05, 0) is 56.2 Å². The zero-order valence-corrected chi connectivity index (χ0v) is 15.6. The number of carbonyl (C=O) groups is 1. The first-order valence-corrected chi connectivity index (χ1v) is 8.45. The van der Waals surface area contributed by atoms with Crippen molar-refractivity contribution < 1.29 is 14.3 Å². The molecule has 0 radical (unpaired) electrons. The van der Waals surface area contributed by atoms with Crippen LogP contribution >= 0.6 is 0 Å². The minimum absolute atomic E-state index is 0.158. The Morgan fingerprint density at radius 2 is 1.44 bits per heavy atom. The third-order valence-corrected chi connectivity index (χ3v) is 4.06. The van der Waals surface area contributed by atoms with E-state index in [1.54, 1.807) is 19.1 Å². The molecule has 0 bridgehead atoms. The molecule has 25 heavy (non-hydrogen) atoms. The molecule has 2 aromatic carbocycles. The molecule has 0 aromatic heterocycles. The SMILES string of the molecule is C=C(C)OC(=O)c1ccc(C(C)(C)c2ccc(OC(C)C)cc2)cc1. The lowest BCUT2D eigenvalue weighted by Gasteiger charge is -2.26. The maximum atomic E-state index is 11.9. The van der Waals surface area contributed by atoms with Crippen molar-refractivity contribution in [3.8, 4) is 5.75 Å². The summed E-state index contributed by atoms with van der Waals surface area (Å²) in [5.41, 5.74) is 2.63. The summed E-state index contributed by atoms with van der Waals surface area (Å²) >= 11 is 0. The van der Waals surface area contributed by atoms with Crippen LogP contribution in [-0.4, -0.2) is 12.1 Å². The van der Waals surface area contributed by atoms with Crippen LogP contribution in [0.25, 0.3) is 0 Å². The van der Waals surface area contributed by atoms with Gasteiger partial charge in [-0.1, -0.05) is 44.7 Å². The standard InChI is InChI=1S/C22H26O3/c1-15(2)24-20-13-11-19(12-14-20)22(5,6)18-9-7-17(8-10-18)21(23)25-16(3)4/h7-15H,3H2,1-2,4-6H3. The molecule has 0 fully saturated rings. The van der Waals surface area contributed by atoms with Crippen LogP contribution in [0.1, 0.15) is 56.1 Å². The number of allylic oxidation sites excluding steroid dienone is 1. The molecule has 0 saturated heterocycles. The van der Waals surface area contributed by atoms with Crippen LogP contribution < -0.4 is 4.74 Å². The summed E-state index contributed by atoms with van der Waals surface area (Å²) in [7, 11) is 0. The van der Waals surface area contributed by atoms with Crippen molar-refractivity contribution in [2.75, 3.05) is 0 Å². The largest absolute Gasteiger partial charge is 0.491 e. The van der Waals surface area contributed by atoms with Gasteiger partial charge in [0.05, 0.1) is 17.4 Å². The van der Waals surface area contributed by atoms with Crippen LogP contribution in [0.3, 0.4) is 0 Å². The maximum absolute atomic E-state index is 11.9. The molecule has 132 valence electrons. The van der Waals surface area contributed by atoms with Crippen LogP contribution in [0.2, 0.25) is 0 Å². The highest BCUT2D eigenvalue weighted by Gasteiger charge is 2.23. The molecule has 0 spiro atoms. The van der Waals surface area contributed by atoms with E-state index < -0.39 is 0 Å². The topological polar surface area (TPSA) is 35.5 Å². The van der Waals surface area contributed by atoms with Gasteiger partial charge in [0.25, 0.3) is 0 Å². The Morgan fingerprint density at radius 3 is 1.88 bits per heavy atom. The van der Waals surface area contributed by atoms with Crippen molar-refractivity contribution in [1.29, 1.82) is 0 Å². The summed E-state index contributed by atoms with van der Waals surface area (Å²) < 4.78 is 10.7. The maximum Gasteiger partial charge on any atom is 0.343 e. The molecule has 0 unspecified atom stereocenters. The fourth-order valence-electron chi connectivity index (χ4n) is 2.63. The third kappa shape index (κ3) is 4.72. The average Bonchev–Trinajstić information content (AvgIpc) is 2.54. The zero-order chi connectivity index (χ0) is 18.6. The van der Waals surface area contributed by atoms with Crippen molar-refractivity contribution in [1.82, 2.24) is 0 Å². The fraction of sp³-hybridized carbons (Fsp3) is 0.318. The number of benzene rings is 2. The second-order valence-corrected chi connectivity index (χ2v) is 6.98. The van der Waals surface area contributed by atoms with Gasteiger partial charge in [-0.3, -0.25) is 0 Å². The fourth-order valence-corrected chi connectivity index (χ4v) is 2.63. The highest BCUT2D eigenvalue weighted by atomic mass is 16.5. The van der Waals surface area contributed by atoms with Gasteiger partial charge in [-0.15, -0.1) is 0 Å². The van der Waals surface area contributed by atoms with E-state index in [1.165, 1.54) is 5.56 Å². The molecule has 2 aromatic rings. The first-order valence-electron chi connectivity index (χ1n) is 8.45. The monoisotopic (exact) mass is 338 g/mol. The number of hydrogen-bond acceptors (Lipinski definition) is 3. The quantitative estimate of drug-likeness (QED) is 0.516. The molecule has 2 rings (SSSR count). The van der Waals surface area contributed by atoms with Gasteiger partial charge in [0, 0.05) is 5.41 Å². The van der Waals surface area contributed by atoms with E-state index in [2.05, 4.69) is 32.6 Å². The number of hydrogen-bond donors (Lipinski definition) is 0. The summed E-state index contributed by atoms with van der Waals surface area (Å²) in [4.78, 5) is 11.9. The molecule has 0 heterocycles. The smallest absolute Gasteiger partial charge is 0.343 e. The Hall–Kier alpha value is -2.55. The highest BCUT2D eigenvalue weighted by molar-refractivity contribution is 5.90. The summed E-state index contributed by atoms with van der Waals surface area (Å²) in [5, 5.41) is 0. The Bertz CT molecular complexity index is 738. The molecule has 0 atom stereocenters. The van der Waals surface area contributed by atoms with Crippen molar-refractivity contribution in [3.05, 3.63) is 77.6 Å². The van der Waals surface area contributed by atoms with E-state index in [0.29, 0.717) is 11.3 Å². The minimum atomic E-state index is -0.382. The van der Waals surface area contributed by atoms with Crippen molar-refractivity contribution >= 4 is 5.97 Å². The highest BCUT2D eigenvalue weighted by Crippen LogP contribution is 2.32. The molecule has 0 N–H and O–H groups in total. The summed E-state index contributed by atoms with van der Waals surface area (Å²) in [6.07, 6.45) is 0.158. The number of ether oxygens (including phenoxy) is 2. The molecule has 3 nitrogen and oxygen atoms in total. The van der Waals surface area contributed by atoms with Crippen molar-refractivity contribution in [3.63, 3.8) is 0 Å². The summed E-state index contributed by atoms with van der Waals surface area (Å²) in [6.45, 7) is 13.6. The predicted octanol–water partition coefficient (Wildman–Crippen LogP) is 5.49. The van der Waals surface area contributed by atoms with Gasteiger partial charge in [-0.25, -0.2) is 4.79 Å². The second-order valence-electron chi connectivity index (χ2n) is 6.98. The molecule has 0 aliphatic rings. The van der Waals surface area contributed by atoms with Crippen LogP contribution in [0.5, 0.6) is 5.75 Å². The second kappa shape index (κ2) is 7.56. The predicted molar refractivity (Wildman–Crippen MR) is 101 cm³/mol. The Labute approximate surface area is 150 Å². The molecule has 0 amide bonds. The lowest BCUT2D eigenvalue weighted by molar-refractivity contribution is 0.0628. The van der Waals surface area contributed by atoms with E-state index >= 15 is 0 Å². The van der Waals surface area contributed by atoms with E-state index in [4.69, 9.17) is 9.47 Å². The van der Waals surface area contributed by atoms with E-state index in [-0.39, 0.29) is 17.5 Å². The molecular formula is C22H26O3. The minimum Gasteiger partial charge on any atom is -0.491 e. The van der Waals surface area contributed by atoms with Gasteiger partial charge < -0.3 is 9.47 Å². The van der Waals surface area contributed by atoms with Crippen LogP contribution in [0.15, 0.2) is 60.9 Å². The Morgan fingerprint density at radius 1 is 0.960 bits per heavy atom. The summed E-state index contributed by atoms with van der Waals surface area (Å²) in [5.74, 6) is 0.873. The van der Waals surface area contributed by atoms with Crippen LogP contribution in [-0.2, 0) is 10.2 Å². The van der Waals surface area contributed by atoms with E-state index in [1.807, 2.05) is 38.1 Å². The van der Waals surface area contributed by atoms with Crippen molar-refractivity contribution in [2.24, 2.45) is 0 Å². The van der Waals surface area contributed by atoms with Gasteiger partial charge in [0.1, 0.15) is 5.75 Å². The van der Waals surface area contributed by atoms with Gasteiger partial charge in [0.15, 0.2) is 0 Å². The number of esters is 1. The summed E-state index contributed by atoms with van der Waals surface area (Å²) in [6, 6.07) is 15.7. The number of carbonyl (C=O) groups excluding carboxylic acids is 1. The molecular weight excluding hydrogens is 312 g/mol. The lowest BCUT2D eigenvalue weighted by atomic mass is 9.78.